The van der Waals surface area contributed by atoms with Crippen LogP contribution in [0.4, 0.5) is 0 Å². The van der Waals surface area contributed by atoms with E-state index in [1.807, 2.05) is 6.07 Å². The molecule has 0 heterocycles. The van der Waals surface area contributed by atoms with Gasteiger partial charge in [0.15, 0.2) is 0 Å². The first-order valence-electron chi connectivity index (χ1n) is 5.02. The first kappa shape index (κ1) is 11.1. The predicted molar refractivity (Wildman–Crippen MR) is 61.9 cm³/mol. The highest BCUT2D eigenvalue weighted by atomic mass is 16.5. The fourth-order valence-corrected chi connectivity index (χ4v) is 1.48. The van der Waals surface area contributed by atoms with Crippen molar-refractivity contribution in [2.45, 2.75) is 6.92 Å². The van der Waals surface area contributed by atoms with E-state index in [1.165, 1.54) is 6.07 Å². The Balaban J connectivity index is 2.41. The first-order valence-corrected chi connectivity index (χ1v) is 5.02. The van der Waals surface area contributed by atoms with E-state index in [2.05, 4.69) is 0 Å². The minimum absolute atomic E-state index is 0.100. The van der Waals surface area contributed by atoms with Crippen LogP contribution in [0, 0.1) is 0 Å². The van der Waals surface area contributed by atoms with E-state index in [-0.39, 0.29) is 11.5 Å². The standard InChI is InChI=1S/C13H10O4/c1-8(14)13(16)17-10-6-5-9-3-2-4-12(15)11(9)7-10/h2-7,15H,1H3. The Morgan fingerprint density at radius 3 is 2.65 bits per heavy atom. The van der Waals surface area contributed by atoms with Gasteiger partial charge in [-0.3, -0.25) is 4.79 Å². The van der Waals surface area contributed by atoms with Crippen LogP contribution in [0.25, 0.3) is 10.8 Å². The molecule has 0 bridgehead atoms. The molecular weight excluding hydrogens is 220 g/mol. The summed E-state index contributed by atoms with van der Waals surface area (Å²) in [6.45, 7) is 1.14. The van der Waals surface area contributed by atoms with Gasteiger partial charge in [0.2, 0.25) is 5.78 Å². The van der Waals surface area contributed by atoms with Crippen molar-refractivity contribution in [3.8, 4) is 11.5 Å². The molecule has 2 rings (SSSR count). The van der Waals surface area contributed by atoms with Gasteiger partial charge in [0, 0.05) is 12.3 Å². The second kappa shape index (κ2) is 4.25. The maximum absolute atomic E-state index is 11.1. The number of hydrogen-bond acceptors (Lipinski definition) is 4. The molecule has 86 valence electrons. The van der Waals surface area contributed by atoms with Crippen molar-refractivity contribution in [3.05, 3.63) is 36.4 Å². The minimum atomic E-state index is -0.917. The van der Waals surface area contributed by atoms with Crippen molar-refractivity contribution in [3.63, 3.8) is 0 Å². The number of Topliss-reactive ketones (excluding diaryl/α,β-unsaturated/α-hetero) is 1. The summed E-state index contributed by atoms with van der Waals surface area (Å²) in [5.41, 5.74) is 0. The van der Waals surface area contributed by atoms with Crippen LogP contribution in [0.15, 0.2) is 36.4 Å². The lowest BCUT2D eigenvalue weighted by atomic mass is 10.1. The maximum atomic E-state index is 11.1. The number of benzene rings is 2. The van der Waals surface area contributed by atoms with Crippen LogP contribution < -0.4 is 4.74 Å². The van der Waals surface area contributed by atoms with Gasteiger partial charge in [0.25, 0.3) is 0 Å². The van der Waals surface area contributed by atoms with Gasteiger partial charge >= 0.3 is 5.97 Å². The zero-order valence-corrected chi connectivity index (χ0v) is 9.14. The molecule has 17 heavy (non-hydrogen) atoms. The van der Waals surface area contributed by atoms with E-state index < -0.39 is 11.8 Å². The largest absolute Gasteiger partial charge is 0.507 e. The number of fused-ring (bicyclic) bond motifs is 1. The highest BCUT2D eigenvalue weighted by molar-refractivity contribution is 6.33. The molecule has 0 fully saturated rings. The summed E-state index contributed by atoms with van der Waals surface area (Å²) < 4.78 is 4.84. The summed E-state index contributed by atoms with van der Waals surface area (Å²) in [6, 6.07) is 9.88. The molecule has 0 aromatic heterocycles. The summed E-state index contributed by atoms with van der Waals surface area (Å²) >= 11 is 0. The van der Waals surface area contributed by atoms with Crippen molar-refractivity contribution in [2.75, 3.05) is 0 Å². The van der Waals surface area contributed by atoms with Gasteiger partial charge in [-0.25, -0.2) is 4.79 Å². The lowest BCUT2D eigenvalue weighted by molar-refractivity contribution is -0.146. The zero-order chi connectivity index (χ0) is 12.4. The summed E-state index contributed by atoms with van der Waals surface area (Å²) in [7, 11) is 0. The summed E-state index contributed by atoms with van der Waals surface area (Å²) in [4.78, 5) is 21.9. The van der Waals surface area contributed by atoms with Crippen LogP contribution >= 0.6 is 0 Å². The Kier molecular flexibility index (Phi) is 2.78. The number of phenolic OH excluding ortho intramolecular Hbond substituents is 1. The van der Waals surface area contributed by atoms with Gasteiger partial charge in [-0.15, -0.1) is 0 Å². The third kappa shape index (κ3) is 2.25. The Hall–Kier alpha value is -2.36. The van der Waals surface area contributed by atoms with Crippen LogP contribution in [-0.2, 0) is 9.59 Å². The molecule has 0 aliphatic carbocycles. The maximum Gasteiger partial charge on any atom is 0.379 e. The van der Waals surface area contributed by atoms with Crippen LogP contribution in [0.3, 0.4) is 0 Å². The lowest BCUT2D eigenvalue weighted by Gasteiger charge is -2.05. The minimum Gasteiger partial charge on any atom is -0.507 e. The number of carbonyl (C=O) groups excluding carboxylic acids is 2. The number of esters is 1. The summed E-state index contributed by atoms with van der Waals surface area (Å²) in [5, 5.41) is 11.0. The van der Waals surface area contributed by atoms with Crippen molar-refractivity contribution in [1.29, 1.82) is 0 Å². The zero-order valence-electron chi connectivity index (χ0n) is 9.14. The first-order chi connectivity index (χ1) is 8.08. The van der Waals surface area contributed by atoms with Crippen LogP contribution in [0.2, 0.25) is 0 Å². The fourth-order valence-electron chi connectivity index (χ4n) is 1.48. The molecule has 0 spiro atoms. The quantitative estimate of drug-likeness (QED) is 0.487. The van der Waals surface area contributed by atoms with E-state index in [9.17, 15) is 14.7 Å². The molecule has 0 unspecified atom stereocenters. The molecule has 1 N–H and O–H groups in total. The average molecular weight is 230 g/mol. The highest BCUT2D eigenvalue weighted by Gasteiger charge is 2.11. The highest BCUT2D eigenvalue weighted by Crippen LogP contribution is 2.28. The van der Waals surface area contributed by atoms with Crippen LogP contribution in [0.1, 0.15) is 6.92 Å². The Morgan fingerprint density at radius 2 is 1.94 bits per heavy atom. The third-order valence-corrected chi connectivity index (χ3v) is 2.33. The average Bonchev–Trinajstić information content (AvgIpc) is 2.30. The van der Waals surface area contributed by atoms with Gasteiger partial charge in [0.05, 0.1) is 0 Å². The van der Waals surface area contributed by atoms with Gasteiger partial charge in [-0.1, -0.05) is 18.2 Å². The molecule has 0 radical (unpaired) electrons. The monoisotopic (exact) mass is 230 g/mol. The Bertz CT molecular complexity index is 601. The topological polar surface area (TPSA) is 63.6 Å². The Morgan fingerprint density at radius 1 is 1.18 bits per heavy atom. The molecule has 0 aliphatic heterocycles. The van der Waals surface area contributed by atoms with Gasteiger partial charge in [-0.2, -0.15) is 0 Å². The second-order valence-electron chi connectivity index (χ2n) is 3.61. The van der Waals surface area contributed by atoms with Gasteiger partial charge in [-0.05, 0) is 23.6 Å². The van der Waals surface area contributed by atoms with Crippen molar-refractivity contribution < 1.29 is 19.4 Å². The van der Waals surface area contributed by atoms with Crippen LogP contribution in [-0.4, -0.2) is 16.9 Å². The van der Waals surface area contributed by atoms with E-state index in [0.717, 1.165) is 12.3 Å². The predicted octanol–water partition coefficient (Wildman–Crippen LogP) is 2.04. The van der Waals surface area contributed by atoms with Gasteiger partial charge < -0.3 is 9.84 Å². The van der Waals surface area contributed by atoms with E-state index in [1.54, 1.807) is 24.3 Å². The molecule has 0 saturated carbocycles. The summed E-state index contributed by atoms with van der Waals surface area (Å²) in [5.74, 6) is -1.25. The second-order valence-corrected chi connectivity index (χ2v) is 3.61. The van der Waals surface area contributed by atoms with Crippen molar-refractivity contribution in [2.24, 2.45) is 0 Å². The Labute approximate surface area is 97.4 Å². The van der Waals surface area contributed by atoms with Crippen LogP contribution in [0.5, 0.6) is 11.5 Å². The van der Waals surface area contributed by atoms with Crippen molar-refractivity contribution in [1.82, 2.24) is 0 Å². The molecular formula is C13H10O4. The molecule has 2 aromatic carbocycles. The smallest absolute Gasteiger partial charge is 0.379 e. The molecule has 0 aliphatic rings. The molecule has 4 nitrogen and oxygen atoms in total. The summed E-state index contributed by atoms with van der Waals surface area (Å²) in [6.07, 6.45) is 0. The number of ether oxygens (including phenoxy) is 1. The van der Waals surface area contributed by atoms with E-state index in [4.69, 9.17) is 4.74 Å². The number of aromatic hydroxyl groups is 1. The van der Waals surface area contributed by atoms with Gasteiger partial charge in [0.1, 0.15) is 11.5 Å². The molecule has 2 aromatic rings. The number of carbonyl (C=O) groups is 2. The lowest BCUT2D eigenvalue weighted by Crippen LogP contribution is -2.16. The normalized spacial score (nSPS) is 10.2. The van der Waals surface area contributed by atoms with E-state index in [0.29, 0.717) is 5.39 Å². The number of phenols is 1. The SMILES string of the molecule is CC(=O)C(=O)Oc1ccc2cccc(O)c2c1. The number of ketones is 1. The van der Waals surface area contributed by atoms with E-state index >= 15 is 0 Å². The third-order valence-electron chi connectivity index (χ3n) is 2.33. The molecule has 4 heteroatoms. The number of rotatable bonds is 2. The van der Waals surface area contributed by atoms with Crippen molar-refractivity contribution >= 4 is 22.5 Å². The fraction of sp³-hybridized carbons (Fsp3) is 0.0769. The molecule has 0 saturated heterocycles. The molecule has 0 atom stereocenters. The number of hydrogen-bond donors (Lipinski definition) is 1. The molecule has 0 amide bonds.